The molecule has 0 bridgehead atoms. The fraction of sp³-hybridized carbons (Fsp3) is 0.560. The Kier molecular flexibility index (Phi) is 10.3. The molecule has 0 saturated carbocycles. The molecule has 3 unspecified atom stereocenters. The third-order valence-electron chi connectivity index (χ3n) is 6.49. The molecule has 2 aliphatic heterocycles. The van der Waals surface area contributed by atoms with Crippen LogP contribution in [0.15, 0.2) is 58.1 Å². The number of aliphatic imine (C=N–C) groups is 1. The van der Waals surface area contributed by atoms with E-state index in [1.807, 2.05) is 13.1 Å². The van der Waals surface area contributed by atoms with Crippen molar-refractivity contribution in [1.82, 2.24) is 15.5 Å². The average Bonchev–Trinajstić information content (AvgIpc) is 3.37. The van der Waals surface area contributed by atoms with Crippen LogP contribution < -0.4 is 10.6 Å². The Morgan fingerprint density at radius 3 is 2.59 bits per heavy atom. The fourth-order valence-corrected chi connectivity index (χ4v) is 4.83. The molecule has 2 aromatic rings. The van der Waals surface area contributed by atoms with E-state index in [0.717, 1.165) is 57.3 Å². The third-order valence-corrected chi connectivity index (χ3v) is 6.49. The van der Waals surface area contributed by atoms with Crippen LogP contribution in [0.3, 0.4) is 0 Å². The molecule has 2 saturated heterocycles. The molecule has 4 rings (SSSR count). The Hall–Kier alpha value is -1.58. The van der Waals surface area contributed by atoms with Gasteiger partial charge in [0, 0.05) is 32.7 Å². The molecule has 0 aliphatic carbocycles. The van der Waals surface area contributed by atoms with Gasteiger partial charge in [-0.05, 0) is 56.5 Å². The molecule has 6 nitrogen and oxygen atoms in total. The van der Waals surface area contributed by atoms with Gasteiger partial charge in [0.25, 0.3) is 0 Å². The first kappa shape index (κ1) is 25.1. The fourth-order valence-electron chi connectivity index (χ4n) is 4.83. The SMILES string of the molecule is CN=C(NCC1CCCOC1c1ccccc1)NCC(c1ccco1)N1CCCCC1.I. The van der Waals surface area contributed by atoms with E-state index in [1.54, 1.807) is 6.26 Å². The standard InChI is InChI=1S/C25H36N4O2.HI/c1-26-25(27-18-21-12-8-17-31-24(21)20-10-4-2-5-11-20)28-19-22(23-13-9-16-30-23)29-14-6-3-7-15-29;/h2,4-5,9-11,13,16,21-22,24H,3,6-8,12,14-15,17-19H2,1H3,(H2,26,27,28);1H. The van der Waals surface area contributed by atoms with E-state index >= 15 is 0 Å². The van der Waals surface area contributed by atoms with Crippen molar-refractivity contribution < 1.29 is 9.15 Å². The van der Waals surface area contributed by atoms with Crippen LogP contribution >= 0.6 is 24.0 Å². The molecule has 32 heavy (non-hydrogen) atoms. The summed E-state index contributed by atoms with van der Waals surface area (Å²) in [6.45, 7) is 4.70. The van der Waals surface area contributed by atoms with E-state index in [4.69, 9.17) is 9.15 Å². The average molecular weight is 553 g/mol. The smallest absolute Gasteiger partial charge is 0.191 e. The summed E-state index contributed by atoms with van der Waals surface area (Å²) in [4.78, 5) is 7.00. The van der Waals surface area contributed by atoms with Gasteiger partial charge in [0.15, 0.2) is 5.96 Å². The predicted molar refractivity (Wildman–Crippen MR) is 140 cm³/mol. The van der Waals surface area contributed by atoms with Crippen LogP contribution in [0.1, 0.15) is 55.6 Å². The highest BCUT2D eigenvalue weighted by Crippen LogP contribution is 2.33. The molecule has 2 aliphatic rings. The zero-order chi connectivity index (χ0) is 21.3. The van der Waals surface area contributed by atoms with Crippen molar-refractivity contribution in [2.75, 3.05) is 39.8 Å². The first-order valence-corrected chi connectivity index (χ1v) is 11.7. The van der Waals surface area contributed by atoms with Crippen molar-refractivity contribution in [3.8, 4) is 0 Å². The van der Waals surface area contributed by atoms with Crippen LogP contribution in [0.5, 0.6) is 0 Å². The number of hydrogen-bond acceptors (Lipinski definition) is 4. The van der Waals surface area contributed by atoms with Crippen LogP contribution in [-0.4, -0.2) is 50.7 Å². The molecule has 0 spiro atoms. The molecule has 0 radical (unpaired) electrons. The number of furan rings is 1. The van der Waals surface area contributed by atoms with Gasteiger partial charge in [-0.15, -0.1) is 24.0 Å². The second-order valence-electron chi connectivity index (χ2n) is 8.57. The summed E-state index contributed by atoms with van der Waals surface area (Å²) in [6, 6.07) is 14.9. The lowest BCUT2D eigenvalue weighted by Crippen LogP contribution is -2.46. The number of halogens is 1. The quantitative estimate of drug-likeness (QED) is 0.295. The second kappa shape index (κ2) is 13.2. The summed E-state index contributed by atoms with van der Waals surface area (Å²) in [7, 11) is 1.84. The Labute approximate surface area is 209 Å². The maximum Gasteiger partial charge on any atom is 0.191 e. The molecular formula is C25H37IN4O2. The number of likely N-dealkylation sites (tertiary alicyclic amines) is 1. The number of guanidine groups is 1. The van der Waals surface area contributed by atoms with E-state index in [1.165, 1.54) is 24.8 Å². The summed E-state index contributed by atoms with van der Waals surface area (Å²) in [5.41, 5.74) is 1.26. The largest absolute Gasteiger partial charge is 0.468 e. The van der Waals surface area contributed by atoms with Gasteiger partial charge in [0.1, 0.15) is 5.76 Å². The zero-order valence-corrected chi connectivity index (χ0v) is 21.4. The minimum Gasteiger partial charge on any atom is -0.468 e. The first-order valence-electron chi connectivity index (χ1n) is 11.7. The van der Waals surface area contributed by atoms with Crippen molar-refractivity contribution in [1.29, 1.82) is 0 Å². The molecule has 2 fully saturated rings. The van der Waals surface area contributed by atoms with Crippen LogP contribution in [0.2, 0.25) is 0 Å². The van der Waals surface area contributed by atoms with E-state index in [9.17, 15) is 0 Å². The van der Waals surface area contributed by atoms with Crippen LogP contribution in [0.4, 0.5) is 0 Å². The van der Waals surface area contributed by atoms with Crippen LogP contribution in [-0.2, 0) is 4.74 Å². The number of nitrogens with zero attached hydrogens (tertiary/aromatic N) is 2. The number of piperidine rings is 1. The topological polar surface area (TPSA) is 62.0 Å². The van der Waals surface area contributed by atoms with E-state index in [2.05, 4.69) is 56.9 Å². The van der Waals surface area contributed by atoms with Crippen LogP contribution in [0, 0.1) is 5.92 Å². The maximum absolute atomic E-state index is 6.15. The van der Waals surface area contributed by atoms with Crippen molar-refractivity contribution in [3.05, 3.63) is 60.1 Å². The summed E-state index contributed by atoms with van der Waals surface area (Å²) in [5, 5.41) is 7.10. The summed E-state index contributed by atoms with van der Waals surface area (Å²) in [5.74, 6) is 2.29. The van der Waals surface area contributed by atoms with Gasteiger partial charge >= 0.3 is 0 Å². The van der Waals surface area contributed by atoms with Gasteiger partial charge < -0.3 is 19.8 Å². The van der Waals surface area contributed by atoms with Crippen molar-refractivity contribution >= 4 is 29.9 Å². The monoisotopic (exact) mass is 552 g/mol. The molecule has 0 amide bonds. The molecule has 3 heterocycles. The Morgan fingerprint density at radius 2 is 1.88 bits per heavy atom. The highest BCUT2D eigenvalue weighted by Gasteiger charge is 2.28. The van der Waals surface area contributed by atoms with Gasteiger partial charge in [-0.1, -0.05) is 36.8 Å². The maximum atomic E-state index is 6.15. The van der Waals surface area contributed by atoms with Crippen molar-refractivity contribution in [2.24, 2.45) is 10.9 Å². The van der Waals surface area contributed by atoms with Gasteiger partial charge in [-0.3, -0.25) is 9.89 Å². The highest BCUT2D eigenvalue weighted by atomic mass is 127. The minimum atomic E-state index is 0. The summed E-state index contributed by atoms with van der Waals surface area (Å²) < 4.78 is 11.9. The number of nitrogens with one attached hydrogen (secondary N) is 2. The van der Waals surface area contributed by atoms with E-state index < -0.39 is 0 Å². The minimum absolute atomic E-state index is 0. The van der Waals surface area contributed by atoms with Gasteiger partial charge in [0.05, 0.1) is 18.4 Å². The normalized spacial score (nSPS) is 23.2. The number of hydrogen-bond donors (Lipinski definition) is 2. The molecule has 1 aromatic heterocycles. The molecule has 176 valence electrons. The Morgan fingerprint density at radius 1 is 1.06 bits per heavy atom. The molecule has 7 heteroatoms. The lowest BCUT2D eigenvalue weighted by molar-refractivity contribution is -0.0265. The Bertz CT molecular complexity index is 794. The predicted octanol–water partition coefficient (Wildman–Crippen LogP) is 4.76. The summed E-state index contributed by atoms with van der Waals surface area (Å²) >= 11 is 0. The van der Waals surface area contributed by atoms with E-state index in [-0.39, 0.29) is 36.1 Å². The van der Waals surface area contributed by atoms with Gasteiger partial charge in [-0.2, -0.15) is 0 Å². The zero-order valence-electron chi connectivity index (χ0n) is 19.0. The van der Waals surface area contributed by atoms with Crippen molar-refractivity contribution in [3.63, 3.8) is 0 Å². The highest BCUT2D eigenvalue weighted by molar-refractivity contribution is 14.0. The van der Waals surface area contributed by atoms with Gasteiger partial charge in [-0.25, -0.2) is 0 Å². The summed E-state index contributed by atoms with van der Waals surface area (Å²) in [6.07, 6.45) is 8.02. The van der Waals surface area contributed by atoms with Gasteiger partial charge in [0.2, 0.25) is 0 Å². The van der Waals surface area contributed by atoms with E-state index in [0.29, 0.717) is 5.92 Å². The lowest BCUT2D eigenvalue weighted by atomic mass is 9.89. The van der Waals surface area contributed by atoms with Crippen LogP contribution in [0.25, 0.3) is 0 Å². The molecule has 2 N–H and O–H groups in total. The number of ether oxygens (including phenoxy) is 1. The Balaban J connectivity index is 0.00000289. The number of rotatable bonds is 7. The first-order chi connectivity index (χ1) is 15.3. The van der Waals surface area contributed by atoms with Crippen molar-refractivity contribution in [2.45, 2.75) is 44.2 Å². The lowest BCUT2D eigenvalue weighted by Gasteiger charge is -2.34. The molecule has 3 atom stereocenters. The molecular weight excluding hydrogens is 515 g/mol. The number of benzene rings is 1. The molecule has 1 aromatic carbocycles. The third kappa shape index (κ3) is 6.71. The second-order valence-corrected chi connectivity index (χ2v) is 8.57.